The maximum absolute atomic E-state index is 14.6. The number of hydrogen-bond donors (Lipinski definition) is 2. The molecular formula is C23H23F2N3O2S. The van der Waals surface area contributed by atoms with Gasteiger partial charge < -0.3 is 15.0 Å². The van der Waals surface area contributed by atoms with Crippen LogP contribution in [0.1, 0.15) is 12.0 Å². The van der Waals surface area contributed by atoms with Crippen LogP contribution >= 0.6 is 11.8 Å². The maximum atomic E-state index is 14.6. The molecule has 5 nitrogen and oxygen atoms in total. The van der Waals surface area contributed by atoms with Crippen molar-refractivity contribution in [2.24, 2.45) is 0 Å². The van der Waals surface area contributed by atoms with Crippen molar-refractivity contribution in [3.05, 3.63) is 78.4 Å². The van der Waals surface area contributed by atoms with Gasteiger partial charge in [0, 0.05) is 41.8 Å². The van der Waals surface area contributed by atoms with Gasteiger partial charge in [-0.15, -0.1) is 0 Å². The van der Waals surface area contributed by atoms with Crippen molar-refractivity contribution in [1.29, 1.82) is 0 Å². The fourth-order valence-corrected chi connectivity index (χ4v) is 3.58. The van der Waals surface area contributed by atoms with Gasteiger partial charge in [-0.2, -0.15) is 11.8 Å². The lowest BCUT2D eigenvalue weighted by Gasteiger charge is -2.19. The Balaban J connectivity index is 1.95. The van der Waals surface area contributed by atoms with Crippen molar-refractivity contribution >= 4 is 29.5 Å². The van der Waals surface area contributed by atoms with Crippen LogP contribution in [0, 0.1) is 11.6 Å². The van der Waals surface area contributed by atoms with E-state index in [-0.39, 0.29) is 5.56 Å². The van der Waals surface area contributed by atoms with Gasteiger partial charge in [-0.1, -0.05) is 18.2 Å². The third-order valence-electron chi connectivity index (χ3n) is 4.69. The Bertz CT molecular complexity index is 1050. The number of carboxylic acids is 1. The molecule has 0 unspecified atom stereocenters. The van der Waals surface area contributed by atoms with Gasteiger partial charge >= 0.3 is 5.97 Å². The lowest BCUT2D eigenvalue weighted by molar-refractivity contribution is -0.137. The topological polar surface area (TPSA) is 67.2 Å². The van der Waals surface area contributed by atoms with E-state index in [1.54, 1.807) is 36.4 Å². The molecule has 3 aromatic rings. The van der Waals surface area contributed by atoms with Crippen LogP contribution in [-0.4, -0.2) is 38.7 Å². The summed E-state index contributed by atoms with van der Waals surface area (Å²) in [6.07, 6.45) is 11.4. The van der Waals surface area contributed by atoms with E-state index in [1.165, 1.54) is 12.1 Å². The van der Waals surface area contributed by atoms with E-state index in [4.69, 9.17) is 0 Å². The number of aliphatic carboxylic acids is 1. The third-order valence-corrected chi connectivity index (χ3v) is 5.33. The standard InChI is InChI=1S/C23H23F2N3O2S/c1-31-12-8-22(23(29)30)27-21-7-4-16(3-2-10-28-11-9-26-15-28)13-19(21)18-6-5-17(24)14-20(18)25/h2-7,9,11,13-15,22,27H,8,10,12H2,1H3,(H,29,30)/b3-2+/t22-/m0/s1. The number of imidazole rings is 1. The average molecular weight is 444 g/mol. The number of carbonyl (C=O) groups is 1. The van der Waals surface area contributed by atoms with Gasteiger partial charge in [0.15, 0.2) is 0 Å². The van der Waals surface area contributed by atoms with Crippen LogP contribution in [0.4, 0.5) is 14.5 Å². The van der Waals surface area contributed by atoms with E-state index < -0.39 is 23.6 Å². The number of aromatic nitrogens is 2. The zero-order valence-electron chi connectivity index (χ0n) is 17.0. The minimum Gasteiger partial charge on any atom is -0.480 e. The van der Waals surface area contributed by atoms with Crippen LogP contribution < -0.4 is 5.32 Å². The van der Waals surface area contributed by atoms with Gasteiger partial charge in [0.1, 0.15) is 17.7 Å². The molecule has 0 radical (unpaired) electrons. The van der Waals surface area contributed by atoms with E-state index in [0.717, 1.165) is 11.6 Å². The fourth-order valence-electron chi connectivity index (χ4n) is 3.11. The van der Waals surface area contributed by atoms with Crippen molar-refractivity contribution in [2.45, 2.75) is 19.0 Å². The quantitative estimate of drug-likeness (QED) is 0.453. The molecule has 0 amide bonds. The lowest BCUT2D eigenvalue weighted by atomic mass is 9.99. The number of halogens is 2. The normalized spacial score (nSPS) is 12.2. The second kappa shape index (κ2) is 10.8. The third kappa shape index (κ3) is 6.18. The zero-order chi connectivity index (χ0) is 22.2. The maximum Gasteiger partial charge on any atom is 0.326 e. The van der Waals surface area contributed by atoms with Crippen LogP contribution in [0.2, 0.25) is 0 Å². The molecule has 0 aliphatic heterocycles. The number of rotatable bonds is 10. The first-order valence-corrected chi connectivity index (χ1v) is 11.1. The van der Waals surface area contributed by atoms with E-state index in [0.29, 0.717) is 30.0 Å². The molecule has 1 atom stereocenters. The molecule has 162 valence electrons. The van der Waals surface area contributed by atoms with Crippen molar-refractivity contribution in [3.63, 3.8) is 0 Å². The number of thioether (sulfide) groups is 1. The summed E-state index contributed by atoms with van der Waals surface area (Å²) < 4.78 is 29.9. The van der Waals surface area contributed by atoms with Crippen LogP contribution in [0.25, 0.3) is 17.2 Å². The van der Waals surface area contributed by atoms with E-state index >= 15 is 0 Å². The highest BCUT2D eigenvalue weighted by molar-refractivity contribution is 7.98. The van der Waals surface area contributed by atoms with Crippen LogP contribution in [-0.2, 0) is 11.3 Å². The number of carboxylic acid groups (broad SMARTS) is 1. The summed E-state index contributed by atoms with van der Waals surface area (Å²) in [6.45, 7) is 0.621. The molecule has 0 spiro atoms. The molecule has 31 heavy (non-hydrogen) atoms. The van der Waals surface area contributed by atoms with Crippen molar-refractivity contribution in [3.8, 4) is 11.1 Å². The first-order valence-electron chi connectivity index (χ1n) is 9.68. The Morgan fingerprint density at radius 2 is 2.10 bits per heavy atom. The second-order valence-corrected chi connectivity index (χ2v) is 7.89. The highest BCUT2D eigenvalue weighted by Gasteiger charge is 2.19. The van der Waals surface area contributed by atoms with Gasteiger partial charge in [-0.25, -0.2) is 18.6 Å². The van der Waals surface area contributed by atoms with Gasteiger partial charge in [-0.3, -0.25) is 0 Å². The predicted octanol–water partition coefficient (Wildman–Crippen LogP) is 5.16. The van der Waals surface area contributed by atoms with Crippen molar-refractivity contribution < 1.29 is 18.7 Å². The minimum atomic E-state index is -0.983. The zero-order valence-corrected chi connectivity index (χ0v) is 17.8. The Hall–Kier alpha value is -3.13. The number of hydrogen-bond acceptors (Lipinski definition) is 4. The minimum absolute atomic E-state index is 0.197. The molecule has 8 heteroatoms. The first-order chi connectivity index (χ1) is 15.0. The van der Waals surface area contributed by atoms with Crippen molar-refractivity contribution in [1.82, 2.24) is 9.55 Å². The highest BCUT2D eigenvalue weighted by Crippen LogP contribution is 2.33. The summed E-state index contributed by atoms with van der Waals surface area (Å²) in [5, 5.41) is 12.6. The van der Waals surface area contributed by atoms with Crippen molar-refractivity contribution in [2.75, 3.05) is 17.3 Å². The summed E-state index contributed by atoms with van der Waals surface area (Å²) in [7, 11) is 0. The van der Waals surface area contributed by atoms with E-state index in [2.05, 4.69) is 10.3 Å². The summed E-state index contributed by atoms with van der Waals surface area (Å²) >= 11 is 1.55. The SMILES string of the molecule is CSCC[C@H](Nc1ccc(/C=C/Cn2ccnc2)cc1-c1ccc(F)cc1F)C(=O)O. The Morgan fingerprint density at radius 1 is 1.26 bits per heavy atom. The summed E-state index contributed by atoms with van der Waals surface area (Å²) in [4.78, 5) is 15.7. The first kappa shape index (κ1) is 22.6. The fraction of sp³-hybridized carbons (Fsp3) is 0.217. The molecule has 0 aliphatic rings. The second-order valence-electron chi connectivity index (χ2n) is 6.91. The molecule has 1 aromatic heterocycles. The number of nitrogens with zero attached hydrogens (tertiary/aromatic N) is 2. The Morgan fingerprint density at radius 3 is 2.77 bits per heavy atom. The molecular weight excluding hydrogens is 420 g/mol. The molecule has 0 saturated heterocycles. The van der Waals surface area contributed by atoms with Gasteiger partial charge in [0.25, 0.3) is 0 Å². The lowest BCUT2D eigenvalue weighted by Crippen LogP contribution is -2.30. The molecule has 2 aromatic carbocycles. The van der Waals surface area contributed by atoms with Gasteiger partial charge in [0.2, 0.25) is 0 Å². The molecule has 0 fully saturated rings. The molecule has 0 aliphatic carbocycles. The Labute approximate surface area is 183 Å². The monoisotopic (exact) mass is 443 g/mol. The molecule has 0 bridgehead atoms. The highest BCUT2D eigenvalue weighted by atomic mass is 32.2. The Kier molecular flexibility index (Phi) is 7.83. The van der Waals surface area contributed by atoms with Crippen LogP contribution in [0.15, 0.2) is 61.2 Å². The van der Waals surface area contributed by atoms with Gasteiger partial charge in [0.05, 0.1) is 6.33 Å². The summed E-state index contributed by atoms with van der Waals surface area (Å²) in [5.41, 5.74) is 1.95. The number of allylic oxidation sites excluding steroid dienone is 1. The molecule has 0 saturated carbocycles. The molecule has 2 N–H and O–H groups in total. The van der Waals surface area contributed by atoms with Crippen LogP contribution in [0.5, 0.6) is 0 Å². The van der Waals surface area contributed by atoms with E-state index in [1.807, 2.05) is 35.2 Å². The summed E-state index contributed by atoms with van der Waals surface area (Å²) in [5.74, 6) is -1.70. The molecule has 3 rings (SSSR count). The van der Waals surface area contributed by atoms with Gasteiger partial charge in [-0.05, 0) is 48.3 Å². The average Bonchev–Trinajstić information content (AvgIpc) is 3.25. The largest absolute Gasteiger partial charge is 0.480 e. The van der Waals surface area contributed by atoms with E-state index in [9.17, 15) is 18.7 Å². The number of benzene rings is 2. The number of anilines is 1. The summed E-state index contributed by atoms with van der Waals surface area (Å²) in [6, 6.07) is 7.86. The van der Waals surface area contributed by atoms with Crippen LogP contribution in [0.3, 0.4) is 0 Å². The number of nitrogens with one attached hydrogen (secondary N) is 1. The smallest absolute Gasteiger partial charge is 0.326 e. The predicted molar refractivity (Wildman–Crippen MR) is 121 cm³/mol. The molecule has 1 heterocycles.